The van der Waals surface area contributed by atoms with Gasteiger partial charge in [0.15, 0.2) is 0 Å². The van der Waals surface area contributed by atoms with Gasteiger partial charge in [0.2, 0.25) is 5.91 Å². The Kier molecular flexibility index (Phi) is 4.54. The van der Waals surface area contributed by atoms with Crippen molar-refractivity contribution in [2.24, 2.45) is 10.8 Å². The normalized spacial score (nSPS) is 27.9. The predicted octanol–water partition coefficient (Wildman–Crippen LogP) is 0.309. The summed E-state index contributed by atoms with van der Waals surface area (Å²) in [5.41, 5.74) is 12.8. The summed E-state index contributed by atoms with van der Waals surface area (Å²) in [5.74, 6) is -0.371. The van der Waals surface area contributed by atoms with Gasteiger partial charge in [0, 0.05) is 37.4 Å². The Morgan fingerprint density at radius 2 is 2.44 bits per heavy atom. The van der Waals surface area contributed by atoms with E-state index in [2.05, 4.69) is 15.3 Å². The Labute approximate surface area is 94.0 Å². The molecule has 1 aliphatic carbocycles. The molecule has 0 aromatic heterocycles. The molecule has 3 N–H and O–H groups in total. The van der Waals surface area contributed by atoms with Gasteiger partial charge in [-0.25, -0.2) is 0 Å². The molecule has 0 aromatic carbocycles. The van der Waals surface area contributed by atoms with Crippen LogP contribution in [0.3, 0.4) is 0 Å². The molecule has 1 rings (SSSR count). The number of carbonyl (C=O) groups is 1. The Bertz CT molecular complexity index is 294. The van der Waals surface area contributed by atoms with Crippen molar-refractivity contribution >= 4 is 5.91 Å². The van der Waals surface area contributed by atoms with E-state index in [9.17, 15) is 4.79 Å². The summed E-state index contributed by atoms with van der Waals surface area (Å²) in [7, 11) is 0. The maximum absolute atomic E-state index is 11.3. The highest BCUT2D eigenvalue weighted by Gasteiger charge is 2.49. The molecule has 7 heteroatoms. The molecule has 0 radical (unpaired) electrons. The fourth-order valence-corrected chi connectivity index (χ4v) is 1.89. The monoisotopic (exact) mass is 227 g/mol. The average molecular weight is 227 g/mol. The third kappa shape index (κ3) is 2.85. The van der Waals surface area contributed by atoms with E-state index < -0.39 is 5.54 Å². The number of primary amides is 1. The van der Waals surface area contributed by atoms with Crippen molar-refractivity contribution in [1.82, 2.24) is 5.32 Å². The lowest BCUT2D eigenvalue weighted by molar-refractivity contribution is -0.136. The topological polar surface area (TPSA) is 113 Å². The summed E-state index contributed by atoms with van der Waals surface area (Å²) >= 11 is 0. The van der Waals surface area contributed by atoms with E-state index in [1.54, 1.807) is 0 Å². The van der Waals surface area contributed by atoms with Crippen molar-refractivity contribution < 1.29 is 9.53 Å². The fourth-order valence-electron chi connectivity index (χ4n) is 1.89. The molecule has 0 atom stereocenters. The van der Waals surface area contributed by atoms with E-state index in [1.165, 1.54) is 0 Å². The van der Waals surface area contributed by atoms with Crippen LogP contribution in [-0.4, -0.2) is 37.2 Å². The van der Waals surface area contributed by atoms with Crippen LogP contribution in [0.5, 0.6) is 0 Å². The molecule has 0 bridgehead atoms. The second-order valence-corrected chi connectivity index (χ2v) is 3.81. The summed E-state index contributed by atoms with van der Waals surface area (Å²) in [6.45, 7) is 3.31. The van der Waals surface area contributed by atoms with E-state index in [1.807, 2.05) is 6.92 Å². The first-order valence-corrected chi connectivity index (χ1v) is 5.32. The van der Waals surface area contributed by atoms with Gasteiger partial charge in [0.25, 0.3) is 0 Å². The van der Waals surface area contributed by atoms with Crippen LogP contribution in [0.25, 0.3) is 10.4 Å². The summed E-state index contributed by atoms with van der Waals surface area (Å²) in [5, 5.41) is 6.42. The van der Waals surface area contributed by atoms with Crippen LogP contribution in [0.4, 0.5) is 0 Å². The number of hydrogen-bond acceptors (Lipinski definition) is 4. The zero-order valence-corrected chi connectivity index (χ0v) is 9.35. The lowest BCUT2D eigenvalue weighted by Crippen LogP contribution is -2.65. The van der Waals surface area contributed by atoms with Gasteiger partial charge in [-0.2, -0.15) is 0 Å². The lowest BCUT2D eigenvalue weighted by Gasteiger charge is -2.45. The van der Waals surface area contributed by atoms with E-state index in [0.29, 0.717) is 32.5 Å². The molecular formula is C9H17N5O2. The molecule has 1 amide bonds. The lowest BCUT2D eigenvalue weighted by atomic mass is 9.73. The standard InChI is InChI=1S/C9H17N5O2/c1-2-16-7-5-9(6-7,8(10)15)12-3-4-13-14-11/h7,12H,2-6H2,1H3,(H2,10,15). The number of ether oxygens (including phenoxy) is 1. The van der Waals surface area contributed by atoms with Gasteiger partial charge in [-0.05, 0) is 12.5 Å². The summed E-state index contributed by atoms with van der Waals surface area (Å²) in [6, 6.07) is 0. The number of carbonyl (C=O) groups excluding carboxylic acids is 1. The van der Waals surface area contributed by atoms with E-state index in [0.717, 1.165) is 0 Å². The molecule has 16 heavy (non-hydrogen) atoms. The molecule has 0 spiro atoms. The SMILES string of the molecule is CCOC1CC(NCCN=[N+]=[N-])(C(N)=O)C1. The second-order valence-electron chi connectivity index (χ2n) is 3.81. The van der Waals surface area contributed by atoms with Crippen LogP contribution < -0.4 is 11.1 Å². The first kappa shape index (κ1) is 12.8. The molecule has 1 aliphatic rings. The zero-order valence-electron chi connectivity index (χ0n) is 9.35. The number of amides is 1. The van der Waals surface area contributed by atoms with Crippen molar-refractivity contribution in [3.05, 3.63) is 10.4 Å². The average Bonchev–Trinajstić information content (AvgIpc) is 2.19. The number of nitrogens with one attached hydrogen (secondary N) is 1. The molecule has 0 saturated heterocycles. The van der Waals surface area contributed by atoms with Crippen LogP contribution in [0.1, 0.15) is 19.8 Å². The first-order chi connectivity index (χ1) is 7.64. The molecule has 0 unspecified atom stereocenters. The fraction of sp³-hybridized carbons (Fsp3) is 0.889. The van der Waals surface area contributed by atoms with E-state index in [-0.39, 0.29) is 12.0 Å². The van der Waals surface area contributed by atoms with Crippen LogP contribution in [-0.2, 0) is 9.53 Å². The molecular weight excluding hydrogens is 210 g/mol. The molecule has 0 aromatic rings. The third-order valence-electron chi connectivity index (χ3n) is 2.76. The Morgan fingerprint density at radius 1 is 1.75 bits per heavy atom. The minimum atomic E-state index is -0.676. The van der Waals surface area contributed by atoms with E-state index in [4.69, 9.17) is 16.0 Å². The van der Waals surface area contributed by atoms with Gasteiger partial charge in [-0.15, -0.1) is 0 Å². The summed E-state index contributed by atoms with van der Waals surface area (Å²) < 4.78 is 5.38. The number of nitrogens with zero attached hydrogens (tertiary/aromatic N) is 3. The Hall–Kier alpha value is -1.30. The Balaban J connectivity index is 2.38. The second kappa shape index (κ2) is 5.69. The third-order valence-corrected chi connectivity index (χ3v) is 2.76. The van der Waals surface area contributed by atoms with Gasteiger partial charge in [-0.1, -0.05) is 5.11 Å². The minimum Gasteiger partial charge on any atom is -0.378 e. The predicted molar refractivity (Wildman–Crippen MR) is 58.6 cm³/mol. The quantitative estimate of drug-likeness (QED) is 0.282. The molecule has 1 fully saturated rings. The summed E-state index contributed by atoms with van der Waals surface area (Å²) in [6.07, 6.45) is 1.28. The maximum Gasteiger partial charge on any atom is 0.237 e. The highest BCUT2D eigenvalue weighted by atomic mass is 16.5. The van der Waals surface area contributed by atoms with Gasteiger partial charge in [0.1, 0.15) is 5.54 Å². The molecule has 0 heterocycles. The van der Waals surface area contributed by atoms with Crippen molar-refractivity contribution in [3.8, 4) is 0 Å². The first-order valence-electron chi connectivity index (χ1n) is 5.32. The van der Waals surface area contributed by atoms with Crippen LogP contribution in [0.15, 0.2) is 5.11 Å². The van der Waals surface area contributed by atoms with Crippen molar-refractivity contribution in [2.75, 3.05) is 19.7 Å². The molecule has 90 valence electrons. The van der Waals surface area contributed by atoms with Crippen LogP contribution in [0.2, 0.25) is 0 Å². The minimum absolute atomic E-state index is 0.101. The van der Waals surface area contributed by atoms with Crippen molar-refractivity contribution in [2.45, 2.75) is 31.4 Å². The Morgan fingerprint density at radius 3 is 2.94 bits per heavy atom. The number of hydrogen-bond donors (Lipinski definition) is 2. The largest absolute Gasteiger partial charge is 0.378 e. The van der Waals surface area contributed by atoms with Gasteiger partial charge in [0.05, 0.1) is 6.10 Å². The zero-order chi connectivity index (χ0) is 12.0. The highest BCUT2D eigenvalue weighted by Crippen LogP contribution is 2.34. The van der Waals surface area contributed by atoms with Gasteiger partial charge < -0.3 is 15.8 Å². The van der Waals surface area contributed by atoms with Crippen LogP contribution in [0, 0.1) is 0 Å². The van der Waals surface area contributed by atoms with Crippen molar-refractivity contribution in [3.63, 3.8) is 0 Å². The van der Waals surface area contributed by atoms with E-state index >= 15 is 0 Å². The van der Waals surface area contributed by atoms with Gasteiger partial charge in [-0.3, -0.25) is 4.79 Å². The maximum atomic E-state index is 11.3. The molecule has 1 saturated carbocycles. The molecule has 7 nitrogen and oxygen atoms in total. The number of rotatable bonds is 7. The number of azide groups is 1. The summed E-state index contributed by atoms with van der Waals surface area (Å²) in [4.78, 5) is 14.0. The van der Waals surface area contributed by atoms with Crippen LogP contribution >= 0.6 is 0 Å². The molecule has 0 aliphatic heterocycles. The van der Waals surface area contributed by atoms with Crippen molar-refractivity contribution in [1.29, 1.82) is 0 Å². The van der Waals surface area contributed by atoms with Gasteiger partial charge >= 0.3 is 0 Å². The highest BCUT2D eigenvalue weighted by molar-refractivity contribution is 5.86. The smallest absolute Gasteiger partial charge is 0.237 e. The number of nitrogens with two attached hydrogens (primary N) is 1.